The molecule has 2 N–H and O–H groups in total. The molecular formula is C14H12O5S. The Morgan fingerprint density at radius 1 is 1.15 bits per heavy atom. The van der Waals surface area contributed by atoms with Crippen LogP contribution in [0.15, 0.2) is 39.6 Å². The molecule has 0 fully saturated rings. The van der Waals surface area contributed by atoms with Crippen molar-refractivity contribution in [1.29, 1.82) is 0 Å². The molecule has 20 heavy (non-hydrogen) atoms. The van der Waals surface area contributed by atoms with Gasteiger partial charge < -0.3 is 14.6 Å². The monoisotopic (exact) mass is 292 g/mol. The van der Waals surface area contributed by atoms with Gasteiger partial charge in [0, 0.05) is 4.90 Å². The number of furan rings is 1. The number of thioether (sulfide) groups is 1. The van der Waals surface area contributed by atoms with Crippen molar-refractivity contribution in [3.8, 4) is 0 Å². The molecule has 0 saturated carbocycles. The lowest BCUT2D eigenvalue weighted by Gasteiger charge is -2.04. The Kier molecular flexibility index (Phi) is 4.14. The van der Waals surface area contributed by atoms with Gasteiger partial charge in [0.15, 0.2) is 0 Å². The fourth-order valence-corrected chi connectivity index (χ4v) is 2.75. The van der Waals surface area contributed by atoms with Crippen LogP contribution < -0.4 is 0 Å². The SMILES string of the molecule is Cc1cc(C(=O)O)c(CSc2ccccc2C(=O)O)o1. The van der Waals surface area contributed by atoms with E-state index in [-0.39, 0.29) is 16.9 Å². The third-order valence-electron chi connectivity index (χ3n) is 2.64. The van der Waals surface area contributed by atoms with Crippen LogP contribution in [0, 0.1) is 6.92 Å². The number of carboxylic acids is 2. The molecule has 1 aromatic heterocycles. The minimum atomic E-state index is -1.05. The summed E-state index contributed by atoms with van der Waals surface area (Å²) in [6.45, 7) is 1.67. The van der Waals surface area contributed by atoms with Crippen molar-refractivity contribution < 1.29 is 24.2 Å². The fraction of sp³-hybridized carbons (Fsp3) is 0.143. The van der Waals surface area contributed by atoms with Gasteiger partial charge in [-0.05, 0) is 25.1 Å². The lowest BCUT2D eigenvalue weighted by Crippen LogP contribution is -2.00. The number of benzene rings is 1. The van der Waals surface area contributed by atoms with Gasteiger partial charge in [-0.3, -0.25) is 0 Å². The van der Waals surface area contributed by atoms with E-state index in [1.807, 2.05) is 0 Å². The van der Waals surface area contributed by atoms with Gasteiger partial charge in [-0.15, -0.1) is 11.8 Å². The maximum atomic E-state index is 11.1. The summed E-state index contributed by atoms with van der Waals surface area (Å²) >= 11 is 1.24. The smallest absolute Gasteiger partial charge is 0.339 e. The van der Waals surface area contributed by atoms with Crippen LogP contribution in [0.2, 0.25) is 0 Å². The zero-order valence-electron chi connectivity index (χ0n) is 10.6. The Labute approximate surface area is 119 Å². The van der Waals surface area contributed by atoms with Gasteiger partial charge >= 0.3 is 11.9 Å². The second-order valence-corrected chi connectivity index (χ2v) is 5.11. The zero-order valence-corrected chi connectivity index (χ0v) is 11.4. The van der Waals surface area contributed by atoms with Crippen LogP contribution in [-0.2, 0) is 5.75 Å². The second-order valence-electron chi connectivity index (χ2n) is 4.09. The molecule has 1 aromatic carbocycles. The summed E-state index contributed by atoms with van der Waals surface area (Å²) in [5.74, 6) is -0.949. The summed E-state index contributed by atoms with van der Waals surface area (Å²) in [6, 6.07) is 8.04. The molecule has 0 atom stereocenters. The minimum absolute atomic E-state index is 0.114. The minimum Gasteiger partial charge on any atom is -0.478 e. The summed E-state index contributed by atoms with van der Waals surface area (Å²) in [7, 11) is 0. The zero-order chi connectivity index (χ0) is 14.7. The molecule has 0 aliphatic rings. The second kappa shape index (κ2) is 5.83. The maximum absolute atomic E-state index is 11.1. The van der Waals surface area contributed by atoms with Crippen LogP contribution in [0.5, 0.6) is 0 Å². The van der Waals surface area contributed by atoms with Crippen molar-refractivity contribution in [1.82, 2.24) is 0 Å². The van der Waals surface area contributed by atoms with Crippen molar-refractivity contribution in [2.45, 2.75) is 17.6 Å². The summed E-state index contributed by atoms with van der Waals surface area (Å²) in [5.41, 5.74) is 0.306. The van der Waals surface area contributed by atoms with E-state index in [2.05, 4.69) is 0 Å². The Morgan fingerprint density at radius 3 is 2.45 bits per heavy atom. The molecular weight excluding hydrogens is 280 g/mol. The van der Waals surface area contributed by atoms with E-state index in [0.29, 0.717) is 16.4 Å². The number of rotatable bonds is 5. The first kappa shape index (κ1) is 14.2. The highest BCUT2D eigenvalue weighted by atomic mass is 32.2. The van der Waals surface area contributed by atoms with E-state index in [0.717, 1.165) is 0 Å². The topological polar surface area (TPSA) is 87.7 Å². The van der Waals surface area contributed by atoms with E-state index >= 15 is 0 Å². The Hall–Kier alpha value is -2.21. The molecule has 0 bridgehead atoms. The number of aromatic carboxylic acids is 2. The molecule has 5 nitrogen and oxygen atoms in total. The number of carboxylic acid groups (broad SMARTS) is 2. The van der Waals surface area contributed by atoms with Gasteiger partial charge in [-0.2, -0.15) is 0 Å². The predicted octanol–water partition coefficient (Wildman–Crippen LogP) is 3.28. The van der Waals surface area contributed by atoms with Crippen molar-refractivity contribution in [3.63, 3.8) is 0 Å². The predicted molar refractivity (Wildman–Crippen MR) is 73.4 cm³/mol. The van der Waals surface area contributed by atoms with Crippen molar-refractivity contribution in [2.75, 3.05) is 0 Å². The van der Waals surface area contributed by atoms with Crippen molar-refractivity contribution in [2.24, 2.45) is 0 Å². The highest BCUT2D eigenvalue weighted by molar-refractivity contribution is 7.98. The molecule has 2 aromatic rings. The van der Waals surface area contributed by atoms with E-state index in [1.54, 1.807) is 25.1 Å². The Balaban J connectivity index is 2.21. The first-order valence-electron chi connectivity index (χ1n) is 5.76. The van der Waals surface area contributed by atoms with Gasteiger partial charge in [0.1, 0.15) is 17.1 Å². The van der Waals surface area contributed by atoms with Gasteiger partial charge in [-0.1, -0.05) is 12.1 Å². The highest BCUT2D eigenvalue weighted by Crippen LogP contribution is 2.28. The molecule has 0 saturated heterocycles. The third-order valence-corrected chi connectivity index (χ3v) is 3.71. The number of hydrogen-bond acceptors (Lipinski definition) is 4. The van der Waals surface area contributed by atoms with Crippen LogP contribution in [-0.4, -0.2) is 22.2 Å². The summed E-state index contributed by atoms with van der Waals surface area (Å²) in [6.07, 6.45) is 0. The first-order valence-corrected chi connectivity index (χ1v) is 6.75. The highest BCUT2D eigenvalue weighted by Gasteiger charge is 2.17. The largest absolute Gasteiger partial charge is 0.478 e. The van der Waals surface area contributed by atoms with Crippen molar-refractivity contribution in [3.05, 3.63) is 53.0 Å². The van der Waals surface area contributed by atoms with Gasteiger partial charge in [0.2, 0.25) is 0 Å². The molecule has 0 amide bonds. The maximum Gasteiger partial charge on any atom is 0.339 e. The van der Waals surface area contributed by atoms with Gasteiger partial charge in [-0.25, -0.2) is 9.59 Å². The molecule has 6 heteroatoms. The molecule has 104 valence electrons. The first-order chi connectivity index (χ1) is 9.49. The summed E-state index contributed by atoms with van der Waals surface area (Å²) < 4.78 is 5.35. The van der Waals surface area contributed by atoms with Gasteiger partial charge in [0.25, 0.3) is 0 Å². The standard InChI is InChI=1S/C14H12O5S/c1-8-6-10(14(17)18)11(19-8)7-20-12-5-3-2-4-9(12)13(15)16/h2-6H,7H2,1H3,(H,15,16)(H,17,18). The summed E-state index contributed by atoms with van der Waals surface area (Å²) in [5, 5.41) is 18.1. The average molecular weight is 292 g/mol. The number of carbonyl (C=O) groups is 2. The van der Waals surface area contributed by atoms with Crippen LogP contribution in [0.4, 0.5) is 0 Å². The third kappa shape index (κ3) is 3.03. The number of aryl methyl sites for hydroxylation is 1. The summed E-state index contributed by atoms with van der Waals surface area (Å²) in [4.78, 5) is 22.7. The molecule has 0 radical (unpaired) electrons. The normalized spacial score (nSPS) is 10.4. The van der Waals surface area contributed by atoms with E-state index in [1.165, 1.54) is 23.9 Å². The Bertz CT molecular complexity index is 659. The average Bonchev–Trinajstić information content (AvgIpc) is 2.78. The molecule has 2 rings (SSSR count). The Morgan fingerprint density at radius 2 is 1.80 bits per heavy atom. The lowest BCUT2D eigenvalue weighted by atomic mass is 10.2. The molecule has 1 heterocycles. The number of hydrogen-bond donors (Lipinski definition) is 2. The van der Waals surface area contributed by atoms with Crippen LogP contribution in [0.1, 0.15) is 32.2 Å². The van der Waals surface area contributed by atoms with E-state index in [9.17, 15) is 9.59 Å². The quantitative estimate of drug-likeness (QED) is 0.822. The van der Waals surface area contributed by atoms with Crippen LogP contribution in [0.3, 0.4) is 0 Å². The van der Waals surface area contributed by atoms with Gasteiger partial charge in [0.05, 0.1) is 11.3 Å². The lowest BCUT2D eigenvalue weighted by molar-refractivity contribution is 0.0682. The van der Waals surface area contributed by atoms with E-state index < -0.39 is 11.9 Å². The van der Waals surface area contributed by atoms with Crippen LogP contribution >= 0.6 is 11.8 Å². The molecule has 0 unspecified atom stereocenters. The van der Waals surface area contributed by atoms with E-state index in [4.69, 9.17) is 14.6 Å². The fourth-order valence-electron chi connectivity index (χ4n) is 1.76. The molecule has 0 spiro atoms. The van der Waals surface area contributed by atoms with Crippen LogP contribution in [0.25, 0.3) is 0 Å². The molecule has 0 aliphatic carbocycles. The van der Waals surface area contributed by atoms with Crippen molar-refractivity contribution >= 4 is 23.7 Å². The molecule has 0 aliphatic heterocycles.